The van der Waals surface area contributed by atoms with Crippen LogP contribution in [-0.4, -0.2) is 42.1 Å². The fourth-order valence-electron chi connectivity index (χ4n) is 3.60. The van der Waals surface area contributed by atoms with E-state index >= 15 is 0 Å². The molecule has 1 aromatic heterocycles. The van der Waals surface area contributed by atoms with Gasteiger partial charge in [-0.2, -0.15) is 0 Å². The van der Waals surface area contributed by atoms with E-state index in [1.165, 1.54) is 0 Å². The third-order valence-electron chi connectivity index (χ3n) is 5.01. The number of carbonyl (C=O) groups excluding carboxylic acids is 1. The van der Waals surface area contributed by atoms with Gasteiger partial charge in [-0.3, -0.25) is 4.79 Å². The third kappa shape index (κ3) is 3.48. The SMILES string of the molecule is O=C(C[C@H](c1ccc(Cl)cc1)c1c[nH]c2ccccc12)N1CCOCC1. The van der Waals surface area contributed by atoms with Crippen molar-refractivity contribution in [1.82, 2.24) is 9.88 Å². The highest BCUT2D eigenvalue weighted by atomic mass is 35.5. The molecule has 3 aromatic rings. The minimum absolute atomic E-state index is 0.0150. The van der Waals surface area contributed by atoms with Crippen LogP contribution in [0.1, 0.15) is 23.5 Å². The van der Waals surface area contributed by atoms with E-state index < -0.39 is 0 Å². The Morgan fingerprint density at radius 1 is 1.12 bits per heavy atom. The van der Waals surface area contributed by atoms with Crippen molar-refractivity contribution < 1.29 is 9.53 Å². The molecule has 2 heterocycles. The highest BCUT2D eigenvalue weighted by Gasteiger charge is 2.25. The Labute approximate surface area is 157 Å². The van der Waals surface area contributed by atoms with E-state index in [1.807, 2.05) is 47.5 Å². The summed E-state index contributed by atoms with van der Waals surface area (Å²) in [5.41, 5.74) is 3.32. The van der Waals surface area contributed by atoms with Crippen LogP contribution in [0.4, 0.5) is 0 Å². The summed E-state index contributed by atoms with van der Waals surface area (Å²) in [5.74, 6) is 0.150. The van der Waals surface area contributed by atoms with Crippen molar-refractivity contribution >= 4 is 28.4 Å². The fraction of sp³-hybridized carbons (Fsp3) is 0.286. The second-order valence-corrected chi connectivity index (χ2v) is 7.03. The molecule has 2 aromatic carbocycles. The van der Waals surface area contributed by atoms with Gasteiger partial charge in [0.15, 0.2) is 0 Å². The topological polar surface area (TPSA) is 45.3 Å². The molecule has 5 heteroatoms. The van der Waals surface area contributed by atoms with E-state index in [1.54, 1.807) is 0 Å². The van der Waals surface area contributed by atoms with Gasteiger partial charge in [-0.15, -0.1) is 0 Å². The number of halogens is 1. The van der Waals surface area contributed by atoms with Crippen LogP contribution in [0.5, 0.6) is 0 Å². The van der Waals surface area contributed by atoms with Crippen molar-refractivity contribution in [3.63, 3.8) is 0 Å². The maximum atomic E-state index is 12.9. The van der Waals surface area contributed by atoms with E-state index in [0.717, 1.165) is 22.0 Å². The summed E-state index contributed by atoms with van der Waals surface area (Å²) in [7, 11) is 0. The van der Waals surface area contributed by atoms with Gasteiger partial charge in [0.05, 0.1) is 13.2 Å². The molecule has 1 aliphatic heterocycles. The van der Waals surface area contributed by atoms with Crippen molar-refractivity contribution in [1.29, 1.82) is 0 Å². The Hall–Kier alpha value is -2.30. The number of benzene rings is 2. The second-order valence-electron chi connectivity index (χ2n) is 6.59. The molecule has 0 saturated carbocycles. The van der Waals surface area contributed by atoms with Gasteiger partial charge < -0.3 is 14.6 Å². The van der Waals surface area contributed by atoms with Gasteiger partial charge in [0.2, 0.25) is 5.91 Å². The smallest absolute Gasteiger partial charge is 0.223 e. The zero-order valence-electron chi connectivity index (χ0n) is 14.5. The summed E-state index contributed by atoms with van der Waals surface area (Å²) in [6.07, 6.45) is 2.46. The van der Waals surface area contributed by atoms with Crippen LogP contribution in [0.15, 0.2) is 54.7 Å². The van der Waals surface area contributed by atoms with E-state index in [9.17, 15) is 4.79 Å². The molecular formula is C21H21ClN2O2. The Balaban J connectivity index is 1.69. The molecule has 1 atom stereocenters. The number of aromatic nitrogens is 1. The number of amides is 1. The third-order valence-corrected chi connectivity index (χ3v) is 5.26. The predicted molar refractivity (Wildman–Crippen MR) is 104 cm³/mol. The van der Waals surface area contributed by atoms with E-state index in [2.05, 4.69) is 17.1 Å². The monoisotopic (exact) mass is 368 g/mol. The lowest BCUT2D eigenvalue weighted by Gasteiger charge is -2.28. The van der Waals surface area contributed by atoms with Crippen LogP contribution in [-0.2, 0) is 9.53 Å². The summed E-state index contributed by atoms with van der Waals surface area (Å²) < 4.78 is 5.37. The van der Waals surface area contributed by atoms with Gasteiger partial charge >= 0.3 is 0 Å². The van der Waals surface area contributed by atoms with Crippen LogP contribution < -0.4 is 0 Å². The molecule has 26 heavy (non-hydrogen) atoms. The van der Waals surface area contributed by atoms with Crippen LogP contribution in [0.2, 0.25) is 5.02 Å². The van der Waals surface area contributed by atoms with Crippen molar-refractivity contribution in [3.8, 4) is 0 Å². The van der Waals surface area contributed by atoms with Gasteiger partial charge in [-0.05, 0) is 29.3 Å². The maximum absolute atomic E-state index is 12.9. The molecular weight excluding hydrogens is 348 g/mol. The molecule has 1 aliphatic rings. The average Bonchev–Trinajstić information content (AvgIpc) is 3.11. The number of aromatic amines is 1. The molecule has 0 spiro atoms. The zero-order valence-corrected chi connectivity index (χ0v) is 15.2. The van der Waals surface area contributed by atoms with E-state index in [-0.39, 0.29) is 11.8 Å². The zero-order chi connectivity index (χ0) is 17.9. The largest absolute Gasteiger partial charge is 0.378 e. The van der Waals surface area contributed by atoms with Crippen molar-refractivity contribution in [2.75, 3.05) is 26.3 Å². The molecule has 0 unspecified atom stereocenters. The summed E-state index contributed by atoms with van der Waals surface area (Å²) >= 11 is 6.07. The van der Waals surface area contributed by atoms with Crippen molar-refractivity contribution in [2.24, 2.45) is 0 Å². The molecule has 0 bridgehead atoms. The van der Waals surface area contributed by atoms with Gasteiger partial charge in [0, 0.05) is 47.6 Å². The summed E-state index contributed by atoms with van der Waals surface area (Å²) in [6.45, 7) is 2.56. The first kappa shape index (κ1) is 17.1. The molecule has 4 rings (SSSR count). The van der Waals surface area contributed by atoms with Gasteiger partial charge in [-0.1, -0.05) is 41.9 Å². The molecule has 0 aliphatic carbocycles. The van der Waals surface area contributed by atoms with Gasteiger partial charge in [0.25, 0.3) is 0 Å². The minimum Gasteiger partial charge on any atom is -0.378 e. The van der Waals surface area contributed by atoms with E-state index in [4.69, 9.17) is 16.3 Å². The highest BCUT2D eigenvalue weighted by Crippen LogP contribution is 2.34. The first-order valence-electron chi connectivity index (χ1n) is 8.89. The summed E-state index contributed by atoms with van der Waals surface area (Å²) in [4.78, 5) is 18.1. The Morgan fingerprint density at radius 2 is 1.85 bits per heavy atom. The Kier molecular flexibility index (Phi) is 4.96. The lowest BCUT2D eigenvalue weighted by molar-refractivity contribution is -0.135. The molecule has 1 amide bonds. The number of para-hydroxylation sites is 1. The van der Waals surface area contributed by atoms with Gasteiger partial charge in [0.1, 0.15) is 0 Å². The first-order valence-corrected chi connectivity index (χ1v) is 9.27. The fourth-order valence-corrected chi connectivity index (χ4v) is 3.73. The van der Waals surface area contributed by atoms with Crippen LogP contribution in [0.3, 0.4) is 0 Å². The van der Waals surface area contributed by atoms with Crippen molar-refractivity contribution in [2.45, 2.75) is 12.3 Å². The lowest BCUT2D eigenvalue weighted by atomic mass is 9.88. The molecule has 4 nitrogen and oxygen atoms in total. The van der Waals surface area contributed by atoms with Gasteiger partial charge in [-0.25, -0.2) is 0 Å². The lowest BCUT2D eigenvalue weighted by Crippen LogP contribution is -2.41. The Bertz CT molecular complexity index is 898. The number of ether oxygens (including phenoxy) is 1. The normalized spacial score (nSPS) is 16.0. The second kappa shape index (κ2) is 7.52. The van der Waals surface area contributed by atoms with Crippen molar-refractivity contribution in [3.05, 3.63) is 70.9 Å². The van der Waals surface area contributed by atoms with E-state index in [0.29, 0.717) is 37.7 Å². The van der Waals surface area contributed by atoms with Crippen LogP contribution in [0.25, 0.3) is 10.9 Å². The molecule has 1 fully saturated rings. The number of nitrogens with one attached hydrogen (secondary N) is 1. The first-order chi connectivity index (χ1) is 12.7. The number of fused-ring (bicyclic) bond motifs is 1. The number of hydrogen-bond acceptors (Lipinski definition) is 2. The minimum atomic E-state index is -0.0150. The highest BCUT2D eigenvalue weighted by molar-refractivity contribution is 6.30. The average molecular weight is 369 g/mol. The number of H-pyrrole nitrogens is 1. The summed E-state index contributed by atoms with van der Waals surface area (Å²) in [5, 5.41) is 1.85. The number of nitrogens with zero attached hydrogens (tertiary/aromatic N) is 1. The Morgan fingerprint density at radius 3 is 2.62 bits per heavy atom. The number of hydrogen-bond donors (Lipinski definition) is 1. The molecule has 134 valence electrons. The maximum Gasteiger partial charge on any atom is 0.223 e. The quantitative estimate of drug-likeness (QED) is 0.750. The number of morpholine rings is 1. The number of rotatable bonds is 4. The number of carbonyl (C=O) groups is 1. The standard InChI is InChI=1S/C21H21ClN2O2/c22-16-7-5-15(6-8-16)18(13-21(25)24-9-11-26-12-10-24)19-14-23-20-4-2-1-3-17(19)20/h1-8,14,18,23H,9-13H2/t18-/m1/s1. The molecule has 1 N–H and O–H groups in total. The molecule has 0 radical (unpaired) electrons. The predicted octanol–water partition coefficient (Wildman–Crippen LogP) is 4.20. The van der Waals surface area contributed by atoms with Crippen LogP contribution >= 0.6 is 11.6 Å². The molecule has 1 saturated heterocycles. The van der Waals surface area contributed by atoms with Crippen LogP contribution in [0, 0.1) is 0 Å². The summed E-state index contributed by atoms with van der Waals surface area (Å²) in [6, 6.07) is 16.0.